The summed E-state index contributed by atoms with van der Waals surface area (Å²) in [5.41, 5.74) is 2.21. The van der Waals surface area contributed by atoms with Crippen LogP contribution in [-0.4, -0.2) is 49.2 Å². The van der Waals surface area contributed by atoms with Gasteiger partial charge in [0, 0.05) is 38.2 Å². The van der Waals surface area contributed by atoms with Gasteiger partial charge in [0.25, 0.3) is 0 Å². The fraction of sp³-hybridized carbons (Fsp3) is 0.750. The van der Waals surface area contributed by atoms with E-state index < -0.39 is 0 Å². The molecule has 2 N–H and O–H groups in total. The number of nitrogens with one attached hydrogen (secondary N) is 2. The quantitative estimate of drug-likeness (QED) is 0.617. The minimum absolute atomic E-state index is 0.603. The van der Waals surface area contributed by atoms with Gasteiger partial charge in [-0.3, -0.25) is 4.99 Å². The second kappa shape index (κ2) is 8.17. The molecule has 0 amide bonds. The lowest BCUT2D eigenvalue weighted by Gasteiger charge is -2.21. The molecule has 22 heavy (non-hydrogen) atoms. The van der Waals surface area contributed by atoms with Gasteiger partial charge >= 0.3 is 0 Å². The summed E-state index contributed by atoms with van der Waals surface area (Å²) in [6.07, 6.45) is 4.30. The topological polar surface area (TPSA) is 65.7 Å². The van der Waals surface area contributed by atoms with Crippen LogP contribution in [0.25, 0.3) is 0 Å². The molecule has 1 aliphatic heterocycles. The lowest BCUT2D eigenvalue weighted by Crippen LogP contribution is -2.43. The van der Waals surface area contributed by atoms with Crippen LogP contribution in [0.2, 0.25) is 0 Å². The van der Waals surface area contributed by atoms with E-state index in [9.17, 15) is 0 Å². The number of aliphatic imine (C=N–C) groups is 1. The van der Waals surface area contributed by atoms with Crippen molar-refractivity contribution in [2.45, 2.75) is 52.1 Å². The lowest BCUT2D eigenvalue weighted by molar-refractivity contribution is 0.309. The zero-order valence-electron chi connectivity index (χ0n) is 14.3. The van der Waals surface area contributed by atoms with Crippen LogP contribution in [0.3, 0.4) is 0 Å². The highest BCUT2D eigenvalue weighted by Gasteiger charge is 2.20. The number of nitrogens with zero attached hydrogens (tertiary/aromatic N) is 3. The van der Waals surface area contributed by atoms with Gasteiger partial charge in [-0.2, -0.15) is 0 Å². The van der Waals surface area contributed by atoms with Gasteiger partial charge in [0.2, 0.25) is 0 Å². The van der Waals surface area contributed by atoms with Crippen LogP contribution in [-0.2, 0) is 19.4 Å². The maximum Gasteiger partial charge on any atom is 0.191 e. The van der Waals surface area contributed by atoms with E-state index in [1.165, 1.54) is 24.9 Å². The average Bonchev–Trinajstić information content (AvgIpc) is 3.13. The fourth-order valence-electron chi connectivity index (χ4n) is 2.98. The normalized spacial score (nSPS) is 19.6. The minimum Gasteiger partial charge on any atom is -0.361 e. The van der Waals surface area contributed by atoms with Crippen LogP contribution in [0.1, 0.15) is 43.7 Å². The highest BCUT2D eigenvalue weighted by atomic mass is 16.5. The monoisotopic (exact) mass is 307 g/mol. The van der Waals surface area contributed by atoms with Crippen molar-refractivity contribution < 1.29 is 4.52 Å². The molecule has 0 bridgehead atoms. The summed E-state index contributed by atoms with van der Waals surface area (Å²) in [7, 11) is 4.00. The number of likely N-dealkylation sites (N-methyl/N-ethyl adjacent to an activating group) is 1. The van der Waals surface area contributed by atoms with E-state index in [1.807, 2.05) is 7.05 Å². The van der Waals surface area contributed by atoms with Crippen molar-refractivity contribution >= 4 is 5.96 Å². The van der Waals surface area contributed by atoms with E-state index in [4.69, 9.17) is 4.52 Å². The van der Waals surface area contributed by atoms with Crippen LogP contribution >= 0.6 is 0 Å². The van der Waals surface area contributed by atoms with Crippen molar-refractivity contribution in [3.05, 3.63) is 17.0 Å². The third-order valence-corrected chi connectivity index (χ3v) is 4.44. The molecule has 124 valence electrons. The first kappa shape index (κ1) is 16.8. The van der Waals surface area contributed by atoms with Crippen molar-refractivity contribution in [2.24, 2.45) is 4.99 Å². The number of aromatic nitrogens is 1. The molecule has 1 atom stereocenters. The number of aryl methyl sites for hydroxylation is 2. The van der Waals surface area contributed by atoms with Gasteiger partial charge in [-0.05, 0) is 32.9 Å². The molecule has 2 heterocycles. The molecule has 1 aromatic heterocycles. The van der Waals surface area contributed by atoms with Gasteiger partial charge in [0.15, 0.2) is 5.96 Å². The molecule has 0 saturated carbocycles. The molecule has 1 aliphatic rings. The van der Waals surface area contributed by atoms with Gasteiger partial charge in [-0.25, -0.2) is 0 Å². The standard InChI is InChI=1S/C16H29N5O/c1-5-14-13(15(6-2)22-20-14)11-19-16(17-3)18-10-12-8-7-9-21(12)4/h12H,5-11H2,1-4H3,(H2,17,18,19). The zero-order chi connectivity index (χ0) is 15.9. The molecule has 2 rings (SSSR count). The molecule has 1 fully saturated rings. The third-order valence-electron chi connectivity index (χ3n) is 4.44. The van der Waals surface area contributed by atoms with E-state index in [-0.39, 0.29) is 0 Å². The first-order chi connectivity index (χ1) is 10.7. The van der Waals surface area contributed by atoms with Crippen LogP contribution in [0.5, 0.6) is 0 Å². The maximum absolute atomic E-state index is 5.40. The summed E-state index contributed by atoms with van der Waals surface area (Å²) in [5, 5.41) is 11.0. The molecule has 0 aliphatic carbocycles. The maximum atomic E-state index is 5.40. The lowest BCUT2D eigenvalue weighted by atomic mass is 10.1. The van der Waals surface area contributed by atoms with Crippen LogP contribution in [0.15, 0.2) is 9.52 Å². The van der Waals surface area contributed by atoms with E-state index in [1.54, 1.807) is 0 Å². The summed E-state index contributed by atoms with van der Waals surface area (Å²) < 4.78 is 5.40. The Balaban J connectivity index is 1.87. The number of guanidine groups is 1. The molecule has 1 unspecified atom stereocenters. The minimum atomic E-state index is 0.603. The van der Waals surface area contributed by atoms with Gasteiger partial charge in [-0.1, -0.05) is 19.0 Å². The molecule has 1 aromatic rings. The Morgan fingerprint density at radius 1 is 1.36 bits per heavy atom. The second-order valence-corrected chi connectivity index (χ2v) is 5.82. The predicted octanol–water partition coefficient (Wildman–Crippen LogP) is 1.56. The Morgan fingerprint density at radius 2 is 2.18 bits per heavy atom. The highest BCUT2D eigenvalue weighted by molar-refractivity contribution is 5.79. The molecular formula is C16H29N5O. The van der Waals surface area contributed by atoms with Gasteiger partial charge in [-0.15, -0.1) is 0 Å². The van der Waals surface area contributed by atoms with Crippen molar-refractivity contribution in [2.75, 3.05) is 27.2 Å². The van der Waals surface area contributed by atoms with Crippen molar-refractivity contribution in [3.63, 3.8) is 0 Å². The fourth-order valence-corrected chi connectivity index (χ4v) is 2.98. The molecule has 1 saturated heterocycles. The SMILES string of the molecule is CCc1noc(CC)c1CNC(=NC)NCC1CCCN1C. The largest absolute Gasteiger partial charge is 0.361 e. The van der Waals surface area contributed by atoms with E-state index in [2.05, 4.69) is 46.6 Å². The Kier molecular flexibility index (Phi) is 6.24. The summed E-state index contributed by atoms with van der Waals surface area (Å²) in [6.45, 7) is 7.02. The molecule has 0 spiro atoms. The number of hydrogen-bond acceptors (Lipinski definition) is 4. The van der Waals surface area contributed by atoms with Crippen LogP contribution < -0.4 is 10.6 Å². The summed E-state index contributed by atoms with van der Waals surface area (Å²) in [4.78, 5) is 6.72. The highest BCUT2D eigenvalue weighted by Crippen LogP contribution is 2.15. The van der Waals surface area contributed by atoms with Crippen molar-refractivity contribution in [1.82, 2.24) is 20.7 Å². The summed E-state index contributed by atoms with van der Waals surface area (Å²) in [5.74, 6) is 1.81. The van der Waals surface area contributed by atoms with Gasteiger partial charge < -0.3 is 20.1 Å². The van der Waals surface area contributed by atoms with Crippen molar-refractivity contribution in [3.8, 4) is 0 Å². The first-order valence-electron chi connectivity index (χ1n) is 8.30. The molecular weight excluding hydrogens is 278 g/mol. The van der Waals surface area contributed by atoms with Crippen LogP contribution in [0.4, 0.5) is 0 Å². The Labute approximate surface area is 133 Å². The van der Waals surface area contributed by atoms with Gasteiger partial charge in [0.1, 0.15) is 5.76 Å². The Hall–Kier alpha value is -1.56. The number of hydrogen-bond donors (Lipinski definition) is 2. The predicted molar refractivity (Wildman–Crippen MR) is 89.1 cm³/mol. The Morgan fingerprint density at radius 3 is 2.77 bits per heavy atom. The zero-order valence-corrected chi connectivity index (χ0v) is 14.3. The first-order valence-corrected chi connectivity index (χ1v) is 8.30. The smallest absolute Gasteiger partial charge is 0.191 e. The number of rotatable bonds is 6. The number of likely N-dealkylation sites (tertiary alicyclic amines) is 1. The van der Waals surface area contributed by atoms with Crippen molar-refractivity contribution in [1.29, 1.82) is 0 Å². The van der Waals surface area contributed by atoms with Gasteiger partial charge in [0.05, 0.1) is 5.69 Å². The molecule has 6 heteroatoms. The average molecular weight is 307 g/mol. The van der Waals surface area contributed by atoms with Crippen LogP contribution in [0, 0.1) is 0 Å². The van der Waals surface area contributed by atoms with E-state index in [0.717, 1.165) is 36.8 Å². The molecule has 0 radical (unpaired) electrons. The molecule has 0 aromatic carbocycles. The van der Waals surface area contributed by atoms with E-state index >= 15 is 0 Å². The second-order valence-electron chi connectivity index (χ2n) is 5.82. The van der Waals surface area contributed by atoms with E-state index in [0.29, 0.717) is 12.6 Å². The molecule has 6 nitrogen and oxygen atoms in total. The summed E-state index contributed by atoms with van der Waals surface area (Å²) >= 11 is 0. The summed E-state index contributed by atoms with van der Waals surface area (Å²) in [6, 6.07) is 0.603. The Bertz CT molecular complexity index is 475. The third kappa shape index (κ3) is 4.00.